The molecule has 1 atom stereocenters. The summed E-state index contributed by atoms with van der Waals surface area (Å²) in [6, 6.07) is 10.4. The van der Waals surface area contributed by atoms with E-state index in [1.807, 2.05) is 6.07 Å². The Balaban J connectivity index is 2.64. The van der Waals surface area contributed by atoms with Crippen LogP contribution >= 0.6 is 0 Å². The van der Waals surface area contributed by atoms with Crippen molar-refractivity contribution < 1.29 is 14.0 Å². The van der Waals surface area contributed by atoms with E-state index in [0.29, 0.717) is 6.42 Å². The first kappa shape index (κ1) is 20.6. The molecular formula is C21H34NO2+. The van der Waals surface area contributed by atoms with Crippen LogP contribution in [0.1, 0.15) is 51.7 Å². The number of unbranched alkanes of at least 4 members (excludes halogenated alkanes) is 2. The fraction of sp³-hybridized carbons (Fsp3) is 0.571. The zero-order chi connectivity index (χ0) is 17.7. The summed E-state index contributed by atoms with van der Waals surface area (Å²) in [6.07, 6.45) is 7.71. The summed E-state index contributed by atoms with van der Waals surface area (Å²) in [5.41, 5.74) is 1.19. The minimum absolute atomic E-state index is 0.00472. The fourth-order valence-corrected chi connectivity index (χ4v) is 2.96. The van der Waals surface area contributed by atoms with Crippen LogP contribution in [0.3, 0.4) is 0 Å². The monoisotopic (exact) mass is 332 g/mol. The van der Waals surface area contributed by atoms with E-state index in [2.05, 4.69) is 57.2 Å². The standard InChI is InChI=1S/C21H34NO2/c1-4-22(5-2,6-3)17-19-24-21(16-12-7-8-13-18-23)20-14-10-9-11-15-20/h9-12,14-16,18,21H,4-8,13,17,19H2,1-3H3/q+1/b16-12+. The quantitative estimate of drug-likeness (QED) is 0.229. The smallest absolute Gasteiger partial charge is 0.120 e. The summed E-state index contributed by atoms with van der Waals surface area (Å²) in [4.78, 5) is 10.4. The van der Waals surface area contributed by atoms with Gasteiger partial charge in [0.05, 0.1) is 26.2 Å². The van der Waals surface area contributed by atoms with Gasteiger partial charge in [-0.25, -0.2) is 0 Å². The lowest BCUT2D eigenvalue weighted by molar-refractivity contribution is -0.923. The van der Waals surface area contributed by atoms with E-state index in [0.717, 1.165) is 56.4 Å². The maximum atomic E-state index is 10.4. The van der Waals surface area contributed by atoms with Crippen LogP contribution in [0.4, 0.5) is 0 Å². The van der Waals surface area contributed by atoms with E-state index < -0.39 is 0 Å². The van der Waals surface area contributed by atoms with Crippen LogP contribution in [0, 0.1) is 0 Å². The zero-order valence-electron chi connectivity index (χ0n) is 15.6. The second-order valence-electron chi connectivity index (χ2n) is 6.24. The number of carbonyl (C=O) groups is 1. The maximum Gasteiger partial charge on any atom is 0.120 e. The summed E-state index contributed by atoms with van der Waals surface area (Å²) in [5.74, 6) is 0. The minimum Gasteiger partial charge on any atom is -0.364 e. The minimum atomic E-state index is -0.00472. The summed E-state index contributed by atoms with van der Waals surface area (Å²) in [6.45, 7) is 12.0. The molecule has 0 aliphatic heterocycles. The number of aldehydes is 1. The summed E-state index contributed by atoms with van der Waals surface area (Å²) in [5, 5.41) is 0. The van der Waals surface area contributed by atoms with Crippen LogP contribution < -0.4 is 0 Å². The first-order valence-electron chi connectivity index (χ1n) is 9.33. The van der Waals surface area contributed by atoms with Crippen LogP contribution in [-0.2, 0) is 9.53 Å². The molecule has 0 saturated carbocycles. The van der Waals surface area contributed by atoms with Gasteiger partial charge in [0.2, 0.25) is 0 Å². The van der Waals surface area contributed by atoms with Crippen LogP contribution in [0.5, 0.6) is 0 Å². The first-order chi connectivity index (χ1) is 11.7. The van der Waals surface area contributed by atoms with Crippen molar-refractivity contribution >= 4 is 6.29 Å². The molecule has 1 rings (SSSR count). The largest absolute Gasteiger partial charge is 0.364 e. The van der Waals surface area contributed by atoms with Gasteiger partial charge in [0.15, 0.2) is 0 Å². The van der Waals surface area contributed by atoms with Gasteiger partial charge in [0, 0.05) is 6.42 Å². The highest BCUT2D eigenvalue weighted by atomic mass is 16.5. The Morgan fingerprint density at radius 3 is 2.29 bits per heavy atom. The zero-order valence-corrected chi connectivity index (χ0v) is 15.6. The number of carbonyl (C=O) groups excluding carboxylic acids is 1. The predicted octanol–water partition coefficient (Wildman–Crippen LogP) is 4.55. The number of hydrogen-bond donors (Lipinski definition) is 0. The van der Waals surface area contributed by atoms with Crippen molar-refractivity contribution in [1.82, 2.24) is 0 Å². The molecule has 24 heavy (non-hydrogen) atoms. The lowest BCUT2D eigenvalue weighted by atomic mass is 10.1. The van der Waals surface area contributed by atoms with E-state index in [4.69, 9.17) is 4.74 Å². The second kappa shape index (κ2) is 12.0. The van der Waals surface area contributed by atoms with Crippen LogP contribution in [0.25, 0.3) is 0 Å². The van der Waals surface area contributed by atoms with Gasteiger partial charge in [-0.05, 0) is 39.2 Å². The van der Waals surface area contributed by atoms with Crippen molar-refractivity contribution in [3.63, 3.8) is 0 Å². The van der Waals surface area contributed by atoms with Crippen molar-refractivity contribution in [2.24, 2.45) is 0 Å². The number of likely N-dealkylation sites (N-methyl/N-ethyl adjacent to an activating group) is 1. The van der Waals surface area contributed by atoms with Crippen LogP contribution in [0.2, 0.25) is 0 Å². The normalized spacial score (nSPS) is 13.3. The van der Waals surface area contributed by atoms with E-state index in [1.54, 1.807) is 0 Å². The molecule has 0 amide bonds. The van der Waals surface area contributed by atoms with Gasteiger partial charge in [0.25, 0.3) is 0 Å². The molecule has 3 heteroatoms. The SMILES string of the molecule is CC[N+](CC)(CC)CCOC(/C=C/CCCC=O)c1ccccc1. The highest BCUT2D eigenvalue weighted by molar-refractivity contribution is 5.49. The molecule has 1 aromatic rings. The topological polar surface area (TPSA) is 26.3 Å². The summed E-state index contributed by atoms with van der Waals surface area (Å²) >= 11 is 0. The maximum absolute atomic E-state index is 10.4. The first-order valence-corrected chi connectivity index (χ1v) is 9.33. The number of ether oxygens (including phenoxy) is 1. The van der Waals surface area contributed by atoms with E-state index in [-0.39, 0.29) is 6.10 Å². The number of nitrogens with zero attached hydrogens (tertiary/aromatic N) is 1. The average Bonchev–Trinajstić information content (AvgIpc) is 2.64. The molecule has 134 valence electrons. The number of allylic oxidation sites excluding steroid dienone is 1. The Morgan fingerprint density at radius 1 is 1.04 bits per heavy atom. The third-order valence-corrected chi connectivity index (χ3v) is 5.01. The van der Waals surface area contributed by atoms with Gasteiger partial charge in [0.1, 0.15) is 18.9 Å². The van der Waals surface area contributed by atoms with Gasteiger partial charge >= 0.3 is 0 Å². The molecule has 1 aromatic carbocycles. The average molecular weight is 333 g/mol. The molecular weight excluding hydrogens is 298 g/mol. The second-order valence-corrected chi connectivity index (χ2v) is 6.24. The highest BCUT2D eigenvalue weighted by Gasteiger charge is 2.21. The number of hydrogen-bond acceptors (Lipinski definition) is 2. The van der Waals surface area contributed by atoms with E-state index in [1.165, 1.54) is 5.56 Å². The number of rotatable bonds is 13. The molecule has 1 unspecified atom stereocenters. The Morgan fingerprint density at radius 2 is 1.71 bits per heavy atom. The molecule has 0 fully saturated rings. The Labute approximate surface area is 147 Å². The van der Waals surface area contributed by atoms with E-state index >= 15 is 0 Å². The molecule has 0 aliphatic carbocycles. The molecule has 0 radical (unpaired) electrons. The Hall–Kier alpha value is -1.45. The highest BCUT2D eigenvalue weighted by Crippen LogP contribution is 2.20. The molecule has 0 aromatic heterocycles. The molecule has 0 N–H and O–H groups in total. The molecule has 0 bridgehead atoms. The van der Waals surface area contributed by atoms with Crippen molar-refractivity contribution in [1.29, 1.82) is 0 Å². The van der Waals surface area contributed by atoms with Crippen molar-refractivity contribution in [2.45, 2.75) is 46.1 Å². The van der Waals surface area contributed by atoms with Crippen molar-refractivity contribution in [3.8, 4) is 0 Å². The van der Waals surface area contributed by atoms with Gasteiger partial charge in [-0.15, -0.1) is 0 Å². The lowest BCUT2D eigenvalue weighted by Crippen LogP contribution is -2.49. The third-order valence-electron chi connectivity index (χ3n) is 5.01. The van der Waals surface area contributed by atoms with Crippen LogP contribution in [0.15, 0.2) is 42.5 Å². The molecule has 0 saturated heterocycles. The van der Waals surface area contributed by atoms with Crippen LogP contribution in [-0.4, -0.2) is 43.6 Å². The molecule has 0 aliphatic rings. The van der Waals surface area contributed by atoms with Crippen molar-refractivity contribution in [3.05, 3.63) is 48.0 Å². The van der Waals surface area contributed by atoms with Gasteiger partial charge in [-0.1, -0.05) is 42.5 Å². The summed E-state index contributed by atoms with van der Waals surface area (Å²) < 4.78 is 7.33. The Kier molecular flexibility index (Phi) is 10.3. The molecule has 0 spiro atoms. The lowest BCUT2D eigenvalue weighted by Gasteiger charge is -2.36. The molecule has 3 nitrogen and oxygen atoms in total. The predicted molar refractivity (Wildman–Crippen MR) is 101 cm³/mol. The van der Waals surface area contributed by atoms with Gasteiger partial charge in [-0.3, -0.25) is 0 Å². The van der Waals surface area contributed by atoms with Gasteiger partial charge < -0.3 is 14.0 Å². The summed E-state index contributed by atoms with van der Waals surface area (Å²) in [7, 11) is 0. The Bertz CT molecular complexity index is 458. The third kappa shape index (κ3) is 6.98. The number of benzene rings is 1. The van der Waals surface area contributed by atoms with Crippen molar-refractivity contribution in [2.75, 3.05) is 32.8 Å². The van der Waals surface area contributed by atoms with Gasteiger partial charge in [-0.2, -0.15) is 0 Å². The number of quaternary nitrogens is 1. The van der Waals surface area contributed by atoms with E-state index in [9.17, 15) is 4.79 Å². The fourth-order valence-electron chi connectivity index (χ4n) is 2.96. The molecule has 0 heterocycles.